The summed E-state index contributed by atoms with van der Waals surface area (Å²) in [6.45, 7) is 5.82. The van der Waals surface area contributed by atoms with Crippen LogP contribution in [0.2, 0.25) is 0 Å². The molecule has 3 aromatic carbocycles. The number of fused-ring (bicyclic) bond motifs is 1. The summed E-state index contributed by atoms with van der Waals surface area (Å²) in [5.41, 5.74) is 1.85. The monoisotopic (exact) mass is 535 g/mol. The molecule has 2 amide bonds. The predicted molar refractivity (Wildman–Crippen MR) is 146 cm³/mol. The lowest BCUT2D eigenvalue weighted by Crippen LogP contribution is -2.50. The van der Waals surface area contributed by atoms with E-state index in [4.69, 9.17) is 4.74 Å². The molecule has 9 heteroatoms. The Morgan fingerprint density at radius 2 is 1.58 bits per heavy atom. The van der Waals surface area contributed by atoms with Crippen molar-refractivity contribution in [3.63, 3.8) is 0 Å². The van der Waals surface area contributed by atoms with Gasteiger partial charge in [-0.1, -0.05) is 54.6 Å². The van der Waals surface area contributed by atoms with Gasteiger partial charge in [0.15, 0.2) is 6.10 Å². The highest BCUT2D eigenvalue weighted by molar-refractivity contribution is 7.89. The zero-order valence-electron chi connectivity index (χ0n) is 21.8. The fourth-order valence-electron chi connectivity index (χ4n) is 4.19. The molecule has 0 saturated heterocycles. The predicted octanol–water partition coefficient (Wildman–Crippen LogP) is 3.81. The average Bonchev–Trinajstić information content (AvgIpc) is 2.89. The lowest BCUT2D eigenvalue weighted by Gasteiger charge is -2.34. The van der Waals surface area contributed by atoms with Gasteiger partial charge in [-0.3, -0.25) is 9.59 Å². The lowest BCUT2D eigenvalue weighted by molar-refractivity contribution is -0.128. The maximum atomic E-state index is 13.3. The number of benzene rings is 3. The third kappa shape index (κ3) is 6.99. The highest BCUT2D eigenvalue weighted by atomic mass is 32.2. The molecule has 1 atom stereocenters. The maximum absolute atomic E-state index is 13.3. The molecule has 0 aromatic heterocycles. The molecule has 38 heavy (non-hydrogen) atoms. The van der Waals surface area contributed by atoms with Crippen LogP contribution < -0.4 is 19.7 Å². The van der Waals surface area contributed by atoms with E-state index in [2.05, 4.69) is 10.0 Å². The Labute approximate surface area is 224 Å². The summed E-state index contributed by atoms with van der Waals surface area (Å²) in [6, 6.07) is 23.3. The molecule has 0 saturated carbocycles. The van der Waals surface area contributed by atoms with Gasteiger partial charge in [0, 0.05) is 18.5 Å². The van der Waals surface area contributed by atoms with Crippen molar-refractivity contribution >= 4 is 27.5 Å². The number of hydrogen-bond donors (Lipinski definition) is 2. The molecule has 2 N–H and O–H groups in total. The average molecular weight is 536 g/mol. The van der Waals surface area contributed by atoms with Crippen LogP contribution in [0.1, 0.15) is 38.3 Å². The minimum absolute atomic E-state index is 0.103. The first-order valence-corrected chi connectivity index (χ1v) is 14.0. The van der Waals surface area contributed by atoms with E-state index in [1.807, 2.05) is 36.4 Å². The van der Waals surface area contributed by atoms with Crippen LogP contribution in [-0.2, 0) is 32.6 Å². The molecular weight excluding hydrogens is 502 g/mol. The first-order chi connectivity index (χ1) is 18.0. The van der Waals surface area contributed by atoms with Crippen molar-refractivity contribution in [2.75, 3.05) is 11.4 Å². The number of rotatable bonds is 8. The Morgan fingerprint density at radius 1 is 0.921 bits per heavy atom. The minimum atomic E-state index is -3.63. The molecule has 0 spiro atoms. The van der Waals surface area contributed by atoms with E-state index in [9.17, 15) is 18.0 Å². The second kappa shape index (κ2) is 11.4. The molecule has 1 aliphatic heterocycles. The van der Waals surface area contributed by atoms with Gasteiger partial charge in [-0.25, -0.2) is 13.1 Å². The summed E-state index contributed by atoms with van der Waals surface area (Å²) in [7, 11) is -3.63. The fraction of sp³-hybridized carbons (Fsp3) is 0.310. The van der Waals surface area contributed by atoms with Crippen LogP contribution in [0.5, 0.6) is 5.75 Å². The van der Waals surface area contributed by atoms with Crippen molar-refractivity contribution in [3.05, 3.63) is 90.0 Å². The SMILES string of the molecule is CC(C)(C)NS(=O)(=O)c1ccc(CCC(=O)N2C[C@H](C(=O)NCc3ccccc3)Oc3ccccc32)cc1. The number of carbonyl (C=O) groups excluding carboxylic acids is 2. The number of nitrogens with zero attached hydrogens (tertiary/aromatic N) is 1. The Balaban J connectivity index is 1.41. The van der Waals surface area contributed by atoms with Crippen molar-refractivity contribution in [3.8, 4) is 5.75 Å². The molecule has 0 aliphatic carbocycles. The van der Waals surface area contributed by atoms with Crippen molar-refractivity contribution in [2.45, 2.75) is 56.7 Å². The second-order valence-corrected chi connectivity index (χ2v) is 12.0. The van der Waals surface area contributed by atoms with Gasteiger partial charge in [-0.05, 0) is 62.6 Å². The molecule has 4 rings (SSSR count). The van der Waals surface area contributed by atoms with E-state index in [-0.39, 0.29) is 29.7 Å². The maximum Gasteiger partial charge on any atom is 0.263 e. The third-order valence-electron chi connectivity index (χ3n) is 5.98. The summed E-state index contributed by atoms with van der Waals surface area (Å²) in [6.07, 6.45) is -0.215. The smallest absolute Gasteiger partial charge is 0.263 e. The van der Waals surface area contributed by atoms with Crippen LogP contribution in [0.3, 0.4) is 0 Å². The molecule has 0 bridgehead atoms. The fourth-order valence-corrected chi connectivity index (χ4v) is 5.61. The van der Waals surface area contributed by atoms with Gasteiger partial charge in [0.05, 0.1) is 17.1 Å². The number of carbonyl (C=O) groups is 2. The third-order valence-corrected chi connectivity index (χ3v) is 7.75. The molecule has 1 heterocycles. The first-order valence-electron chi connectivity index (χ1n) is 12.5. The van der Waals surface area contributed by atoms with Crippen LogP contribution in [0.25, 0.3) is 0 Å². The summed E-state index contributed by atoms with van der Waals surface area (Å²) in [5, 5.41) is 2.89. The Bertz CT molecular complexity index is 1380. The number of ether oxygens (including phenoxy) is 1. The van der Waals surface area contributed by atoms with Gasteiger partial charge in [0.1, 0.15) is 5.75 Å². The number of para-hydroxylation sites is 2. The zero-order valence-corrected chi connectivity index (χ0v) is 22.6. The number of nitrogens with one attached hydrogen (secondary N) is 2. The molecule has 0 unspecified atom stereocenters. The van der Waals surface area contributed by atoms with Crippen LogP contribution in [0.4, 0.5) is 5.69 Å². The van der Waals surface area contributed by atoms with Gasteiger partial charge >= 0.3 is 0 Å². The number of amides is 2. The molecule has 8 nitrogen and oxygen atoms in total. The topological polar surface area (TPSA) is 105 Å². The van der Waals surface area contributed by atoms with E-state index in [0.29, 0.717) is 24.4 Å². The van der Waals surface area contributed by atoms with E-state index in [1.165, 1.54) is 0 Å². The summed E-state index contributed by atoms with van der Waals surface area (Å²) >= 11 is 0. The van der Waals surface area contributed by atoms with Gasteiger partial charge < -0.3 is 15.0 Å². The summed E-state index contributed by atoms with van der Waals surface area (Å²) in [5.74, 6) is 0.0439. The molecule has 1 aliphatic rings. The molecule has 0 radical (unpaired) electrons. The van der Waals surface area contributed by atoms with Gasteiger partial charge in [-0.15, -0.1) is 0 Å². The lowest BCUT2D eigenvalue weighted by atomic mass is 10.1. The Hall–Kier alpha value is -3.69. The van der Waals surface area contributed by atoms with Crippen molar-refractivity contribution in [1.82, 2.24) is 10.0 Å². The number of aryl methyl sites for hydroxylation is 1. The van der Waals surface area contributed by atoms with E-state index in [1.54, 1.807) is 68.1 Å². The highest BCUT2D eigenvalue weighted by Gasteiger charge is 2.33. The van der Waals surface area contributed by atoms with E-state index in [0.717, 1.165) is 11.1 Å². The number of sulfonamides is 1. The Kier molecular flexibility index (Phi) is 8.18. The number of anilines is 1. The first kappa shape index (κ1) is 27.3. The van der Waals surface area contributed by atoms with Crippen LogP contribution in [0.15, 0.2) is 83.8 Å². The van der Waals surface area contributed by atoms with Gasteiger partial charge in [0.25, 0.3) is 5.91 Å². The molecule has 200 valence electrons. The van der Waals surface area contributed by atoms with E-state index < -0.39 is 21.7 Å². The van der Waals surface area contributed by atoms with Crippen molar-refractivity contribution in [2.24, 2.45) is 0 Å². The molecule has 0 fully saturated rings. The Morgan fingerprint density at radius 3 is 2.26 bits per heavy atom. The van der Waals surface area contributed by atoms with Crippen molar-refractivity contribution < 1.29 is 22.7 Å². The molecule has 3 aromatic rings. The standard InChI is InChI=1S/C29H33N3O5S/c1-29(2,3)31-38(35,36)23-16-13-21(14-17-23)15-18-27(33)32-20-26(37-25-12-8-7-11-24(25)32)28(34)30-19-22-9-5-4-6-10-22/h4-14,16-17,26,31H,15,18-20H2,1-3H3,(H,30,34)/t26-/m1/s1. The summed E-state index contributed by atoms with van der Waals surface area (Å²) < 4.78 is 33.7. The summed E-state index contributed by atoms with van der Waals surface area (Å²) in [4.78, 5) is 28.0. The highest BCUT2D eigenvalue weighted by Crippen LogP contribution is 2.33. The van der Waals surface area contributed by atoms with Crippen LogP contribution in [0, 0.1) is 0 Å². The largest absolute Gasteiger partial charge is 0.477 e. The van der Waals surface area contributed by atoms with Crippen molar-refractivity contribution in [1.29, 1.82) is 0 Å². The second-order valence-electron chi connectivity index (χ2n) is 10.3. The molecular formula is C29H33N3O5S. The minimum Gasteiger partial charge on any atom is -0.477 e. The normalized spacial score (nSPS) is 15.3. The quantitative estimate of drug-likeness (QED) is 0.457. The van der Waals surface area contributed by atoms with Crippen LogP contribution in [-0.4, -0.2) is 38.4 Å². The zero-order chi connectivity index (χ0) is 27.3. The number of hydrogen-bond acceptors (Lipinski definition) is 5. The van der Waals surface area contributed by atoms with Gasteiger partial charge in [0.2, 0.25) is 15.9 Å². The van der Waals surface area contributed by atoms with Crippen LogP contribution >= 0.6 is 0 Å². The van der Waals surface area contributed by atoms with E-state index >= 15 is 0 Å². The van der Waals surface area contributed by atoms with Gasteiger partial charge in [-0.2, -0.15) is 0 Å².